The van der Waals surface area contributed by atoms with E-state index >= 15 is 0 Å². The van der Waals surface area contributed by atoms with Crippen molar-refractivity contribution in [1.29, 1.82) is 0 Å². The second-order valence-corrected chi connectivity index (χ2v) is 5.06. The van der Waals surface area contributed by atoms with Gasteiger partial charge in [-0.3, -0.25) is 15.0 Å². The van der Waals surface area contributed by atoms with Crippen LogP contribution in [0.4, 0.5) is 10.1 Å². The number of nitrogens with zero attached hydrogens (tertiary/aromatic N) is 2. The molecule has 0 amide bonds. The Bertz CT molecular complexity index is 447. The van der Waals surface area contributed by atoms with E-state index in [1.54, 1.807) is 6.07 Å². The van der Waals surface area contributed by atoms with Crippen LogP contribution in [0, 0.1) is 15.9 Å². The average Bonchev–Trinajstić information content (AvgIpc) is 2.28. The summed E-state index contributed by atoms with van der Waals surface area (Å²) in [7, 11) is 1.96. The van der Waals surface area contributed by atoms with Gasteiger partial charge in [0.25, 0.3) is 0 Å². The van der Waals surface area contributed by atoms with Crippen LogP contribution in [0.2, 0.25) is 0 Å². The molecule has 0 atom stereocenters. The smallest absolute Gasteiger partial charge is 0.297 e. The van der Waals surface area contributed by atoms with Gasteiger partial charge in [0, 0.05) is 18.2 Å². The highest BCUT2D eigenvalue weighted by atomic mass is 19.1. The summed E-state index contributed by atoms with van der Waals surface area (Å²) in [4.78, 5) is 11.9. The van der Waals surface area contributed by atoms with Gasteiger partial charge in [0.1, 0.15) is 0 Å². The van der Waals surface area contributed by atoms with Crippen molar-refractivity contribution >= 4 is 5.69 Å². The number of rotatable bonds is 5. The summed E-state index contributed by atoms with van der Waals surface area (Å²) in [5.74, 6) is -0.778. The van der Waals surface area contributed by atoms with Gasteiger partial charge in [0.2, 0.25) is 5.82 Å². The normalized spacial score (nSPS) is 11.9. The summed E-state index contributed by atoms with van der Waals surface area (Å²) in [5.41, 5.74) is 0.274. The van der Waals surface area contributed by atoms with Gasteiger partial charge in [-0.05, 0) is 38.9 Å². The molecule has 0 radical (unpaired) electrons. The minimum absolute atomic E-state index is 0.0122. The Kier molecular flexibility index (Phi) is 4.40. The third kappa shape index (κ3) is 3.26. The van der Waals surface area contributed by atoms with Gasteiger partial charge in [-0.15, -0.1) is 0 Å². The van der Waals surface area contributed by atoms with E-state index in [4.69, 9.17) is 0 Å². The lowest BCUT2D eigenvalue weighted by Crippen LogP contribution is -2.39. The summed E-state index contributed by atoms with van der Waals surface area (Å²) in [6.07, 6.45) is 0.971. The van der Waals surface area contributed by atoms with Crippen LogP contribution in [-0.4, -0.2) is 22.4 Å². The standard InChI is InChI=1S/C13H19FN2O2/c1-5-13(2,3)15(4)9-10-6-7-12(16(17)18)11(14)8-10/h6-8H,5,9H2,1-4H3. The van der Waals surface area contributed by atoms with Crippen LogP contribution < -0.4 is 0 Å². The summed E-state index contributed by atoms with van der Waals surface area (Å²) in [6.45, 7) is 6.87. The summed E-state index contributed by atoms with van der Waals surface area (Å²) in [5, 5.41) is 10.5. The zero-order chi connectivity index (χ0) is 13.9. The maximum Gasteiger partial charge on any atom is 0.304 e. The maximum atomic E-state index is 13.5. The maximum absolute atomic E-state index is 13.5. The molecule has 100 valence electrons. The summed E-state index contributed by atoms with van der Waals surface area (Å²) >= 11 is 0. The van der Waals surface area contributed by atoms with Gasteiger partial charge < -0.3 is 0 Å². The highest BCUT2D eigenvalue weighted by molar-refractivity contribution is 5.35. The van der Waals surface area contributed by atoms with Crippen LogP contribution in [0.15, 0.2) is 18.2 Å². The number of benzene rings is 1. The quantitative estimate of drug-likeness (QED) is 0.598. The lowest BCUT2D eigenvalue weighted by molar-refractivity contribution is -0.387. The fourth-order valence-electron chi connectivity index (χ4n) is 1.55. The van der Waals surface area contributed by atoms with E-state index in [0.29, 0.717) is 6.54 Å². The lowest BCUT2D eigenvalue weighted by Gasteiger charge is -2.34. The number of nitro groups is 1. The summed E-state index contributed by atoms with van der Waals surface area (Å²) in [6, 6.07) is 4.06. The molecule has 1 rings (SSSR count). The van der Waals surface area contributed by atoms with Gasteiger partial charge in [-0.2, -0.15) is 4.39 Å². The molecule has 0 N–H and O–H groups in total. The Morgan fingerprint density at radius 3 is 2.50 bits per heavy atom. The Labute approximate surface area is 107 Å². The predicted octanol–water partition coefficient (Wildman–Crippen LogP) is 3.35. The average molecular weight is 254 g/mol. The highest BCUT2D eigenvalue weighted by Gasteiger charge is 2.22. The molecule has 0 bridgehead atoms. The van der Waals surface area contributed by atoms with Crippen molar-refractivity contribution in [2.45, 2.75) is 39.3 Å². The zero-order valence-electron chi connectivity index (χ0n) is 11.2. The third-order valence-corrected chi connectivity index (χ3v) is 3.53. The molecule has 0 spiro atoms. The molecule has 0 saturated heterocycles. The molecule has 0 saturated carbocycles. The van der Waals surface area contributed by atoms with Crippen LogP contribution in [0.25, 0.3) is 0 Å². The van der Waals surface area contributed by atoms with Crippen LogP contribution in [-0.2, 0) is 6.54 Å². The minimum atomic E-state index is -0.778. The van der Waals surface area contributed by atoms with Crippen LogP contribution >= 0.6 is 0 Å². The second kappa shape index (κ2) is 5.44. The molecule has 18 heavy (non-hydrogen) atoms. The van der Waals surface area contributed by atoms with Crippen molar-refractivity contribution < 1.29 is 9.31 Å². The molecule has 4 nitrogen and oxygen atoms in total. The van der Waals surface area contributed by atoms with Crippen LogP contribution in [0.5, 0.6) is 0 Å². The monoisotopic (exact) mass is 254 g/mol. The lowest BCUT2D eigenvalue weighted by atomic mass is 9.99. The van der Waals surface area contributed by atoms with E-state index in [2.05, 4.69) is 25.7 Å². The van der Waals surface area contributed by atoms with Gasteiger partial charge in [-0.1, -0.05) is 13.0 Å². The number of hydrogen-bond acceptors (Lipinski definition) is 3. The van der Waals surface area contributed by atoms with Gasteiger partial charge >= 0.3 is 5.69 Å². The molecule has 1 aromatic rings. The molecule has 0 heterocycles. The Morgan fingerprint density at radius 1 is 1.44 bits per heavy atom. The second-order valence-electron chi connectivity index (χ2n) is 5.06. The first-order chi connectivity index (χ1) is 8.27. The van der Waals surface area contributed by atoms with Gasteiger partial charge in [-0.25, -0.2) is 0 Å². The number of hydrogen-bond donors (Lipinski definition) is 0. The molecule has 0 aliphatic rings. The molecule has 5 heteroatoms. The first-order valence-corrected chi connectivity index (χ1v) is 5.92. The fraction of sp³-hybridized carbons (Fsp3) is 0.538. The highest BCUT2D eigenvalue weighted by Crippen LogP contribution is 2.22. The molecule has 0 aromatic heterocycles. The first kappa shape index (κ1) is 14.6. The summed E-state index contributed by atoms with van der Waals surface area (Å²) < 4.78 is 13.5. The Hall–Kier alpha value is -1.49. The number of nitro benzene ring substituents is 1. The van der Waals surface area contributed by atoms with E-state index in [1.165, 1.54) is 12.1 Å². The van der Waals surface area contributed by atoms with E-state index in [0.717, 1.165) is 12.0 Å². The first-order valence-electron chi connectivity index (χ1n) is 5.92. The van der Waals surface area contributed by atoms with Gasteiger partial charge in [0.15, 0.2) is 0 Å². The Morgan fingerprint density at radius 2 is 2.06 bits per heavy atom. The van der Waals surface area contributed by atoms with E-state index in [9.17, 15) is 14.5 Å². The van der Waals surface area contributed by atoms with Crippen molar-refractivity contribution in [2.75, 3.05) is 7.05 Å². The van der Waals surface area contributed by atoms with Crippen LogP contribution in [0.3, 0.4) is 0 Å². The minimum Gasteiger partial charge on any atom is -0.297 e. The zero-order valence-corrected chi connectivity index (χ0v) is 11.2. The molecule has 1 aromatic carbocycles. The molecule has 0 fully saturated rings. The van der Waals surface area contributed by atoms with Crippen molar-refractivity contribution in [2.24, 2.45) is 0 Å². The van der Waals surface area contributed by atoms with Crippen molar-refractivity contribution in [3.8, 4) is 0 Å². The van der Waals surface area contributed by atoms with E-state index < -0.39 is 16.4 Å². The third-order valence-electron chi connectivity index (χ3n) is 3.53. The van der Waals surface area contributed by atoms with E-state index in [1.807, 2.05) is 7.05 Å². The van der Waals surface area contributed by atoms with Gasteiger partial charge in [0.05, 0.1) is 4.92 Å². The SMILES string of the molecule is CCC(C)(C)N(C)Cc1ccc([N+](=O)[O-])c(F)c1. The Balaban J connectivity index is 2.87. The van der Waals surface area contributed by atoms with Crippen molar-refractivity contribution in [1.82, 2.24) is 4.90 Å². The molecule has 0 unspecified atom stereocenters. The fourth-order valence-corrected chi connectivity index (χ4v) is 1.55. The molecular formula is C13H19FN2O2. The van der Waals surface area contributed by atoms with Crippen molar-refractivity contribution in [3.63, 3.8) is 0 Å². The topological polar surface area (TPSA) is 46.4 Å². The largest absolute Gasteiger partial charge is 0.304 e. The van der Waals surface area contributed by atoms with E-state index in [-0.39, 0.29) is 5.54 Å². The number of halogens is 1. The molecular weight excluding hydrogens is 235 g/mol. The van der Waals surface area contributed by atoms with Crippen molar-refractivity contribution in [3.05, 3.63) is 39.7 Å². The molecule has 0 aliphatic heterocycles. The van der Waals surface area contributed by atoms with Crippen LogP contribution in [0.1, 0.15) is 32.8 Å². The predicted molar refractivity (Wildman–Crippen MR) is 68.9 cm³/mol. The molecule has 0 aliphatic carbocycles.